The van der Waals surface area contributed by atoms with E-state index < -0.39 is 0 Å². The van der Waals surface area contributed by atoms with E-state index in [4.69, 9.17) is 0 Å². The van der Waals surface area contributed by atoms with Gasteiger partial charge in [-0.1, -0.05) is 47.3 Å². The summed E-state index contributed by atoms with van der Waals surface area (Å²) in [7, 11) is 0. The molecule has 0 spiro atoms. The lowest BCUT2D eigenvalue weighted by Gasteiger charge is -2.40. The topological polar surface area (TPSA) is 41.1 Å². The second-order valence-corrected chi connectivity index (χ2v) is 11.8. The molecule has 0 saturated carbocycles. The molecule has 0 aliphatic carbocycles. The van der Waals surface area contributed by atoms with Crippen molar-refractivity contribution in [2.75, 3.05) is 12.3 Å². The van der Waals surface area contributed by atoms with Crippen LogP contribution in [-0.4, -0.2) is 28.5 Å². The summed E-state index contributed by atoms with van der Waals surface area (Å²) in [5.41, 5.74) is 1.14. The Kier molecular flexibility index (Phi) is 9.02. The lowest BCUT2D eigenvalue weighted by molar-refractivity contribution is -0.119. The molecule has 0 aromatic heterocycles. The fraction of sp³-hybridized carbons (Fsp3) is 0.773. The highest BCUT2D eigenvalue weighted by atomic mass is 32.2. The van der Waals surface area contributed by atoms with Gasteiger partial charge in [-0.2, -0.15) is 11.8 Å². The standard InChI is InChI=1S/C22H42N2OS/c1-12-22(11,15-23-18(4)25)14-21(9,10)26-16-19(5,6)13-20(7,8)24-17(2)3/h12,24H,1-2,13-16H2,3-11H3,(H,23,25). The molecule has 0 fully saturated rings. The summed E-state index contributed by atoms with van der Waals surface area (Å²) in [6.07, 6.45) is 4.02. The zero-order chi connectivity index (χ0) is 20.8. The van der Waals surface area contributed by atoms with E-state index in [0.29, 0.717) is 6.54 Å². The van der Waals surface area contributed by atoms with Crippen LogP contribution in [0.2, 0.25) is 0 Å². The van der Waals surface area contributed by atoms with Crippen molar-refractivity contribution >= 4 is 17.7 Å². The third kappa shape index (κ3) is 10.9. The quantitative estimate of drug-likeness (QED) is 0.436. The third-order valence-electron chi connectivity index (χ3n) is 4.39. The van der Waals surface area contributed by atoms with Gasteiger partial charge in [-0.05, 0) is 44.8 Å². The van der Waals surface area contributed by atoms with Crippen LogP contribution in [0.25, 0.3) is 0 Å². The summed E-state index contributed by atoms with van der Waals surface area (Å²) in [6, 6.07) is 0. The van der Waals surface area contributed by atoms with E-state index in [2.05, 4.69) is 72.3 Å². The summed E-state index contributed by atoms with van der Waals surface area (Å²) in [4.78, 5) is 11.3. The van der Waals surface area contributed by atoms with Gasteiger partial charge in [0, 0.05) is 34.9 Å². The van der Waals surface area contributed by atoms with Crippen LogP contribution in [0.4, 0.5) is 0 Å². The van der Waals surface area contributed by atoms with Gasteiger partial charge < -0.3 is 10.6 Å². The Balaban J connectivity index is 4.85. The molecule has 2 N–H and O–H groups in total. The SMILES string of the molecule is C=CC(C)(CNC(C)=O)CC(C)(C)SCC(C)(C)CC(C)(C)NC(=C)C. The van der Waals surface area contributed by atoms with Crippen LogP contribution in [0, 0.1) is 10.8 Å². The summed E-state index contributed by atoms with van der Waals surface area (Å²) < 4.78 is 0.102. The van der Waals surface area contributed by atoms with E-state index in [1.807, 2.05) is 24.8 Å². The van der Waals surface area contributed by atoms with Crippen molar-refractivity contribution in [3.63, 3.8) is 0 Å². The van der Waals surface area contributed by atoms with Gasteiger partial charge in [-0.25, -0.2) is 0 Å². The molecule has 0 aliphatic rings. The maximum Gasteiger partial charge on any atom is 0.216 e. The van der Waals surface area contributed by atoms with E-state index >= 15 is 0 Å². The maximum absolute atomic E-state index is 11.3. The molecule has 0 radical (unpaired) electrons. The van der Waals surface area contributed by atoms with Gasteiger partial charge in [0.25, 0.3) is 0 Å². The van der Waals surface area contributed by atoms with Gasteiger partial charge in [-0.3, -0.25) is 4.79 Å². The minimum atomic E-state index is -0.104. The summed E-state index contributed by atoms with van der Waals surface area (Å²) in [5.74, 6) is 1.09. The number of carbonyl (C=O) groups is 1. The number of hydrogen-bond donors (Lipinski definition) is 2. The number of hydrogen-bond acceptors (Lipinski definition) is 3. The maximum atomic E-state index is 11.3. The van der Waals surface area contributed by atoms with Gasteiger partial charge in [0.2, 0.25) is 5.91 Å². The first kappa shape index (κ1) is 25.1. The van der Waals surface area contributed by atoms with Crippen LogP contribution in [0.5, 0.6) is 0 Å². The Morgan fingerprint density at radius 3 is 2.00 bits per heavy atom. The molecule has 0 heterocycles. The van der Waals surface area contributed by atoms with Gasteiger partial charge in [0.1, 0.15) is 0 Å². The van der Waals surface area contributed by atoms with E-state index in [-0.39, 0.29) is 27.0 Å². The van der Waals surface area contributed by atoms with Crippen LogP contribution in [0.1, 0.15) is 75.2 Å². The number of rotatable bonds is 12. The van der Waals surface area contributed by atoms with Crippen LogP contribution in [-0.2, 0) is 4.79 Å². The van der Waals surface area contributed by atoms with Gasteiger partial charge in [0.15, 0.2) is 0 Å². The molecule has 3 nitrogen and oxygen atoms in total. The first-order valence-electron chi connectivity index (χ1n) is 9.47. The molecule has 26 heavy (non-hydrogen) atoms. The molecular weight excluding hydrogens is 340 g/mol. The van der Waals surface area contributed by atoms with Crippen molar-refractivity contribution in [3.8, 4) is 0 Å². The summed E-state index contributed by atoms with van der Waals surface area (Å²) >= 11 is 2.01. The van der Waals surface area contributed by atoms with Crippen LogP contribution < -0.4 is 10.6 Å². The molecule has 0 aromatic rings. The second kappa shape index (κ2) is 9.34. The van der Waals surface area contributed by atoms with Crippen LogP contribution in [0.15, 0.2) is 24.9 Å². The lowest BCUT2D eigenvalue weighted by atomic mass is 9.81. The lowest BCUT2D eigenvalue weighted by Crippen LogP contribution is -2.43. The van der Waals surface area contributed by atoms with Crippen molar-refractivity contribution < 1.29 is 4.79 Å². The number of carbonyl (C=O) groups excluding carboxylic acids is 1. The predicted octanol–water partition coefficient (Wildman–Crippen LogP) is 5.53. The molecule has 4 heteroatoms. The Morgan fingerprint density at radius 1 is 1.04 bits per heavy atom. The van der Waals surface area contributed by atoms with Gasteiger partial charge in [0.05, 0.1) is 0 Å². The largest absolute Gasteiger partial charge is 0.384 e. The number of thioether (sulfide) groups is 1. The number of allylic oxidation sites excluding steroid dienone is 1. The highest BCUT2D eigenvalue weighted by Gasteiger charge is 2.34. The van der Waals surface area contributed by atoms with Crippen molar-refractivity contribution in [2.45, 2.75) is 85.4 Å². The Bertz CT molecular complexity index is 508. The van der Waals surface area contributed by atoms with Crippen LogP contribution >= 0.6 is 11.8 Å². The normalized spacial score (nSPS) is 15.1. The predicted molar refractivity (Wildman–Crippen MR) is 119 cm³/mol. The number of amides is 1. The number of nitrogens with one attached hydrogen (secondary N) is 2. The van der Waals surface area contributed by atoms with Crippen LogP contribution in [0.3, 0.4) is 0 Å². The molecule has 0 saturated heterocycles. The fourth-order valence-corrected chi connectivity index (χ4v) is 5.13. The van der Waals surface area contributed by atoms with E-state index in [1.54, 1.807) is 6.92 Å². The highest BCUT2D eigenvalue weighted by Crippen LogP contribution is 2.42. The molecule has 0 aliphatic heterocycles. The smallest absolute Gasteiger partial charge is 0.216 e. The first-order chi connectivity index (χ1) is 11.5. The molecule has 0 rings (SSSR count). The molecule has 152 valence electrons. The molecule has 0 bridgehead atoms. The summed E-state index contributed by atoms with van der Waals surface area (Å²) in [6.45, 7) is 28.1. The highest BCUT2D eigenvalue weighted by molar-refractivity contribution is 8.00. The van der Waals surface area contributed by atoms with Gasteiger partial charge >= 0.3 is 0 Å². The zero-order valence-electron chi connectivity index (χ0n) is 18.6. The third-order valence-corrected chi connectivity index (χ3v) is 6.24. The Labute approximate surface area is 166 Å². The fourth-order valence-electron chi connectivity index (χ4n) is 3.82. The minimum absolute atomic E-state index is 0.0110. The minimum Gasteiger partial charge on any atom is -0.384 e. The van der Waals surface area contributed by atoms with Gasteiger partial charge in [-0.15, -0.1) is 6.58 Å². The molecule has 1 atom stereocenters. The summed E-state index contributed by atoms with van der Waals surface area (Å²) in [5, 5.41) is 6.44. The Morgan fingerprint density at radius 2 is 1.58 bits per heavy atom. The van der Waals surface area contributed by atoms with Crippen molar-refractivity contribution in [1.82, 2.24) is 10.6 Å². The van der Waals surface area contributed by atoms with Crippen molar-refractivity contribution in [2.24, 2.45) is 10.8 Å². The van der Waals surface area contributed by atoms with Crippen molar-refractivity contribution in [1.29, 1.82) is 0 Å². The van der Waals surface area contributed by atoms with E-state index in [9.17, 15) is 4.79 Å². The average Bonchev–Trinajstić information content (AvgIpc) is 2.40. The van der Waals surface area contributed by atoms with E-state index in [1.165, 1.54) is 0 Å². The monoisotopic (exact) mass is 382 g/mol. The average molecular weight is 383 g/mol. The van der Waals surface area contributed by atoms with Crippen molar-refractivity contribution in [3.05, 3.63) is 24.9 Å². The zero-order valence-corrected chi connectivity index (χ0v) is 19.5. The molecule has 1 unspecified atom stereocenters. The Hall–Kier alpha value is -0.900. The first-order valence-corrected chi connectivity index (χ1v) is 10.5. The molecule has 1 amide bonds. The second-order valence-electron chi connectivity index (χ2n) is 10.1. The molecular formula is C22H42N2OS. The van der Waals surface area contributed by atoms with E-state index in [0.717, 1.165) is 24.3 Å². The molecule has 0 aromatic carbocycles.